The van der Waals surface area contributed by atoms with Gasteiger partial charge >= 0.3 is 0 Å². The van der Waals surface area contributed by atoms with E-state index < -0.39 is 0 Å². The number of carbonyl (C=O) groups excluding carboxylic acids is 2. The highest BCUT2D eigenvalue weighted by Crippen LogP contribution is 2.25. The smallest absolute Gasteiger partial charge is 0.234 e. The molecular formula is C19H21NO3S2. The molecule has 132 valence electrons. The summed E-state index contributed by atoms with van der Waals surface area (Å²) < 4.78 is 5.33. The Labute approximate surface area is 156 Å². The molecule has 0 saturated carbocycles. The molecule has 25 heavy (non-hydrogen) atoms. The maximum Gasteiger partial charge on any atom is 0.234 e. The number of rotatable bonds is 8. The predicted molar refractivity (Wildman–Crippen MR) is 106 cm³/mol. The van der Waals surface area contributed by atoms with Crippen LogP contribution in [0, 0.1) is 0 Å². The molecule has 0 bridgehead atoms. The molecule has 0 aliphatic heterocycles. The van der Waals surface area contributed by atoms with Crippen molar-refractivity contribution in [2.24, 2.45) is 0 Å². The fourth-order valence-electron chi connectivity index (χ4n) is 2.24. The largest absolute Gasteiger partial charge is 0.496 e. The Bertz CT molecular complexity index is 745. The third-order valence-corrected chi connectivity index (χ3v) is 5.28. The van der Waals surface area contributed by atoms with Gasteiger partial charge in [-0.2, -0.15) is 0 Å². The highest BCUT2D eigenvalue weighted by Gasteiger charge is 2.09. The van der Waals surface area contributed by atoms with Gasteiger partial charge in [-0.1, -0.05) is 0 Å². The first-order chi connectivity index (χ1) is 12.0. The van der Waals surface area contributed by atoms with Gasteiger partial charge < -0.3 is 10.1 Å². The molecule has 0 spiro atoms. The number of anilines is 1. The van der Waals surface area contributed by atoms with Crippen molar-refractivity contribution in [2.75, 3.05) is 24.4 Å². The summed E-state index contributed by atoms with van der Waals surface area (Å²) in [5.41, 5.74) is 2.35. The fourth-order valence-corrected chi connectivity index (χ4v) is 3.45. The van der Waals surface area contributed by atoms with Crippen LogP contribution in [-0.4, -0.2) is 30.8 Å². The van der Waals surface area contributed by atoms with Gasteiger partial charge in [0.25, 0.3) is 0 Å². The lowest BCUT2D eigenvalue weighted by atomic mass is 10.1. The number of ketones is 1. The molecule has 2 rings (SSSR count). The average Bonchev–Trinajstić information content (AvgIpc) is 2.62. The van der Waals surface area contributed by atoms with Gasteiger partial charge in [0.05, 0.1) is 12.9 Å². The van der Waals surface area contributed by atoms with Crippen LogP contribution in [0.1, 0.15) is 22.8 Å². The van der Waals surface area contributed by atoms with Crippen LogP contribution < -0.4 is 10.1 Å². The first kappa shape index (κ1) is 19.4. The van der Waals surface area contributed by atoms with Crippen molar-refractivity contribution in [3.8, 4) is 5.75 Å². The third-order valence-electron chi connectivity index (χ3n) is 3.55. The normalized spacial score (nSPS) is 10.4. The zero-order valence-corrected chi connectivity index (χ0v) is 16.1. The van der Waals surface area contributed by atoms with Crippen LogP contribution in [0.25, 0.3) is 0 Å². The maximum atomic E-state index is 12.1. The molecule has 0 fully saturated rings. The number of thioether (sulfide) groups is 2. The fraction of sp³-hybridized carbons (Fsp3) is 0.263. The molecule has 1 amide bonds. The summed E-state index contributed by atoms with van der Waals surface area (Å²) in [6.45, 7) is 1.54. The van der Waals surface area contributed by atoms with Gasteiger partial charge in [-0.05, 0) is 55.6 Å². The zero-order valence-electron chi connectivity index (χ0n) is 14.5. The first-order valence-electron chi connectivity index (χ1n) is 7.73. The van der Waals surface area contributed by atoms with E-state index >= 15 is 0 Å². The highest BCUT2D eigenvalue weighted by atomic mass is 32.2. The average molecular weight is 376 g/mol. The molecule has 6 heteroatoms. The number of carbonyl (C=O) groups is 2. The van der Waals surface area contributed by atoms with Crippen molar-refractivity contribution in [3.63, 3.8) is 0 Å². The standard InChI is InChI=1S/C19H21NO3S2/c1-13(21)14-4-9-18(23-2)15(10-14)11-25-12-19(22)20-16-5-7-17(24-3)8-6-16/h4-10H,11-12H2,1-3H3,(H,20,22). The summed E-state index contributed by atoms with van der Waals surface area (Å²) in [5.74, 6) is 1.62. The number of methoxy groups -OCH3 is 1. The number of Topliss-reactive ketones (excluding diaryl/α,β-unsaturated/α-hetero) is 1. The van der Waals surface area contributed by atoms with Crippen molar-refractivity contribution in [1.29, 1.82) is 0 Å². The number of amides is 1. The monoisotopic (exact) mass is 375 g/mol. The van der Waals surface area contributed by atoms with Crippen LogP contribution in [0.2, 0.25) is 0 Å². The third kappa shape index (κ3) is 5.83. The van der Waals surface area contributed by atoms with Gasteiger partial charge in [0.1, 0.15) is 5.75 Å². The zero-order chi connectivity index (χ0) is 18.2. The number of benzene rings is 2. The van der Waals surface area contributed by atoms with E-state index in [2.05, 4.69) is 5.32 Å². The summed E-state index contributed by atoms with van der Waals surface area (Å²) in [5, 5.41) is 2.88. The van der Waals surface area contributed by atoms with Crippen LogP contribution in [0.15, 0.2) is 47.4 Å². The lowest BCUT2D eigenvalue weighted by Gasteiger charge is -2.10. The summed E-state index contributed by atoms with van der Waals surface area (Å²) in [6, 6.07) is 13.1. The minimum atomic E-state index is -0.0522. The SMILES string of the molecule is COc1ccc(C(C)=O)cc1CSCC(=O)Nc1ccc(SC)cc1. The van der Waals surface area contributed by atoms with E-state index in [9.17, 15) is 9.59 Å². The summed E-state index contributed by atoms with van der Waals surface area (Å²) in [7, 11) is 1.60. The summed E-state index contributed by atoms with van der Waals surface area (Å²) in [4.78, 5) is 24.7. The number of nitrogens with one attached hydrogen (secondary N) is 1. The molecule has 0 unspecified atom stereocenters. The van der Waals surface area contributed by atoms with E-state index in [1.165, 1.54) is 18.7 Å². The Balaban J connectivity index is 1.89. The molecule has 0 aliphatic rings. The van der Waals surface area contributed by atoms with Crippen LogP contribution in [0.4, 0.5) is 5.69 Å². The molecular weight excluding hydrogens is 354 g/mol. The number of hydrogen-bond acceptors (Lipinski definition) is 5. The molecule has 0 aliphatic carbocycles. The lowest BCUT2D eigenvalue weighted by Crippen LogP contribution is -2.14. The van der Waals surface area contributed by atoms with Crippen LogP contribution >= 0.6 is 23.5 Å². The van der Waals surface area contributed by atoms with Crippen molar-refractivity contribution < 1.29 is 14.3 Å². The Hall–Kier alpha value is -1.92. The Morgan fingerprint density at radius 1 is 1.12 bits per heavy atom. The molecule has 0 aromatic heterocycles. The van der Waals surface area contributed by atoms with E-state index in [0.29, 0.717) is 17.1 Å². The molecule has 1 N–H and O–H groups in total. The molecule has 0 radical (unpaired) electrons. The van der Waals surface area contributed by atoms with E-state index in [1.807, 2.05) is 36.6 Å². The molecule has 2 aromatic rings. The summed E-state index contributed by atoms with van der Waals surface area (Å²) in [6.07, 6.45) is 2.01. The van der Waals surface area contributed by atoms with Gasteiger partial charge in [0, 0.05) is 27.5 Å². The number of ether oxygens (including phenoxy) is 1. The van der Waals surface area contributed by atoms with E-state index in [0.717, 1.165) is 21.9 Å². The van der Waals surface area contributed by atoms with E-state index in [-0.39, 0.29) is 11.7 Å². The second-order valence-corrected chi connectivity index (χ2v) is 7.22. The summed E-state index contributed by atoms with van der Waals surface area (Å²) >= 11 is 3.15. The highest BCUT2D eigenvalue weighted by molar-refractivity contribution is 7.99. The van der Waals surface area contributed by atoms with Crippen molar-refractivity contribution in [2.45, 2.75) is 17.6 Å². The van der Waals surface area contributed by atoms with Crippen molar-refractivity contribution in [1.82, 2.24) is 0 Å². The van der Waals surface area contributed by atoms with Crippen molar-refractivity contribution in [3.05, 3.63) is 53.6 Å². The minimum Gasteiger partial charge on any atom is -0.496 e. The molecule has 0 heterocycles. The van der Waals surface area contributed by atoms with Gasteiger partial charge in [0.15, 0.2) is 5.78 Å². The predicted octanol–water partition coefficient (Wildman–Crippen LogP) is 4.49. The molecule has 0 saturated heterocycles. The first-order valence-corrected chi connectivity index (χ1v) is 10.1. The van der Waals surface area contributed by atoms with Crippen molar-refractivity contribution >= 4 is 40.9 Å². The molecule has 2 aromatic carbocycles. The Kier molecular flexibility index (Phi) is 7.40. The Morgan fingerprint density at radius 3 is 2.44 bits per heavy atom. The quantitative estimate of drug-likeness (QED) is 0.544. The van der Waals surface area contributed by atoms with Gasteiger partial charge in [0.2, 0.25) is 5.91 Å². The van der Waals surface area contributed by atoms with Gasteiger partial charge in [-0.15, -0.1) is 23.5 Å². The Morgan fingerprint density at radius 2 is 1.84 bits per heavy atom. The second-order valence-electron chi connectivity index (χ2n) is 5.35. The molecule has 4 nitrogen and oxygen atoms in total. The van der Waals surface area contributed by atoms with E-state index in [4.69, 9.17) is 4.74 Å². The number of hydrogen-bond donors (Lipinski definition) is 1. The lowest BCUT2D eigenvalue weighted by molar-refractivity contribution is -0.113. The topological polar surface area (TPSA) is 55.4 Å². The second kappa shape index (κ2) is 9.53. The van der Waals surface area contributed by atoms with Crippen LogP contribution in [-0.2, 0) is 10.5 Å². The van der Waals surface area contributed by atoms with E-state index in [1.54, 1.807) is 31.0 Å². The van der Waals surface area contributed by atoms with Crippen LogP contribution in [0.5, 0.6) is 5.75 Å². The van der Waals surface area contributed by atoms with Crippen LogP contribution in [0.3, 0.4) is 0 Å². The van der Waals surface area contributed by atoms with Gasteiger partial charge in [-0.25, -0.2) is 0 Å². The van der Waals surface area contributed by atoms with Gasteiger partial charge in [-0.3, -0.25) is 9.59 Å². The maximum absolute atomic E-state index is 12.1. The molecule has 0 atom stereocenters. The minimum absolute atomic E-state index is 0.0142.